The maximum atomic E-state index is 14.2. The van der Waals surface area contributed by atoms with E-state index in [9.17, 15) is 34.8 Å². The summed E-state index contributed by atoms with van der Waals surface area (Å²) >= 11 is 0. The predicted octanol–water partition coefficient (Wildman–Crippen LogP) is 13.7. The Morgan fingerprint density at radius 2 is 1.46 bits per heavy atom. The number of benzene rings is 4. The van der Waals surface area contributed by atoms with Crippen LogP contribution in [-0.4, -0.2) is 113 Å². The molecule has 0 spiro atoms. The Bertz CT molecular complexity index is 3510. The zero-order valence-electron chi connectivity index (χ0n) is 54.2. The molecule has 6 N–H and O–H groups in total. The van der Waals surface area contributed by atoms with E-state index in [0.717, 1.165) is 84.9 Å². The third kappa shape index (κ3) is 12.4. The molecule has 4 aromatic carbocycles. The number of carbonyl (C=O) groups is 3. The van der Waals surface area contributed by atoms with Crippen molar-refractivity contribution in [1.29, 1.82) is 0 Å². The number of aryl methyl sites for hydroxylation is 2. The van der Waals surface area contributed by atoms with Crippen molar-refractivity contribution in [2.45, 2.75) is 218 Å². The van der Waals surface area contributed by atoms with Crippen LogP contribution < -0.4 is 10.1 Å². The zero-order valence-corrected chi connectivity index (χ0v) is 54.2. The van der Waals surface area contributed by atoms with E-state index in [-0.39, 0.29) is 71.0 Å². The Morgan fingerprint density at radius 1 is 0.809 bits per heavy atom. The number of rotatable bonds is 14. The number of likely N-dealkylation sites (tertiary alicyclic amines) is 1. The number of ether oxygens (including phenoxy) is 2. The van der Waals surface area contributed by atoms with E-state index in [1.54, 1.807) is 4.90 Å². The molecule has 5 aliphatic heterocycles. The number of carbonyl (C=O) groups excluding carboxylic acids is 3. The first kappa shape index (κ1) is 63.7. The van der Waals surface area contributed by atoms with Crippen molar-refractivity contribution in [3.8, 4) is 23.0 Å². The summed E-state index contributed by atoms with van der Waals surface area (Å²) in [6.45, 7) is 21.8. The van der Waals surface area contributed by atoms with Crippen LogP contribution >= 0.6 is 0 Å². The summed E-state index contributed by atoms with van der Waals surface area (Å²) in [5.41, 5.74) is 10.3. The summed E-state index contributed by atoms with van der Waals surface area (Å²) in [5, 5.41) is 48.0. The van der Waals surface area contributed by atoms with Crippen LogP contribution in [0.3, 0.4) is 0 Å². The molecule has 4 unspecified atom stereocenters. The molecule has 5 aromatic rings. The van der Waals surface area contributed by atoms with Gasteiger partial charge in [0.2, 0.25) is 17.5 Å². The molecule has 0 bridgehead atoms. The fraction of sp³-hybridized carbons (Fsp3) is 0.533. The van der Waals surface area contributed by atoms with Gasteiger partial charge < -0.3 is 45.3 Å². The number of likely N-dealkylation sites (N-methyl/N-ethyl adjacent to an activating group) is 1. The van der Waals surface area contributed by atoms with Crippen LogP contribution in [0.25, 0.3) is 10.9 Å². The highest BCUT2D eigenvalue weighted by atomic mass is 16.7. The average Bonchev–Trinajstić information content (AvgIpc) is 1.61. The molecule has 8 aliphatic rings. The smallest absolute Gasteiger partial charge is 0.280 e. The number of nitrogens with zero attached hydrogens (tertiary/aromatic N) is 3. The molecule has 13 rings (SSSR count). The number of aromatic nitrogens is 1. The second-order valence-electron chi connectivity index (χ2n) is 28.1. The molecule has 4 saturated heterocycles. The number of unbranched alkanes of at least 4 members (excludes halogenated alkanes) is 4. The molecular weight excluding hydrogens is 1110 g/mol. The number of amides is 3. The van der Waals surface area contributed by atoms with E-state index >= 15 is 0 Å². The van der Waals surface area contributed by atoms with Gasteiger partial charge in [0.1, 0.15) is 40.7 Å². The molecule has 1 aromatic heterocycles. The molecule has 11 atom stereocenters. The number of H-pyrrole nitrogens is 1. The van der Waals surface area contributed by atoms with Gasteiger partial charge in [-0.25, -0.2) is 0 Å². The highest BCUT2D eigenvalue weighted by Crippen LogP contribution is 2.54. The Labute approximate surface area is 527 Å². The molecule has 4 fully saturated rings. The number of phenols is 3. The van der Waals surface area contributed by atoms with Gasteiger partial charge in [-0.1, -0.05) is 117 Å². The van der Waals surface area contributed by atoms with Gasteiger partial charge in [0.25, 0.3) is 11.8 Å². The summed E-state index contributed by atoms with van der Waals surface area (Å²) in [4.78, 5) is 50.4. The first-order valence-corrected chi connectivity index (χ1v) is 33.3. The van der Waals surface area contributed by atoms with Crippen molar-refractivity contribution in [3.63, 3.8) is 0 Å². The van der Waals surface area contributed by atoms with Crippen LogP contribution in [0.1, 0.15) is 196 Å². The Balaban J connectivity index is 0.000000151. The number of hydrogen-bond acceptors (Lipinski definition) is 10. The van der Waals surface area contributed by atoms with Gasteiger partial charge in [-0.2, -0.15) is 0 Å². The number of aromatic hydroxyl groups is 3. The Kier molecular flexibility index (Phi) is 18.5. The van der Waals surface area contributed by atoms with Crippen molar-refractivity contribution in [2.24, 2.45) is 17.8 Å². The molecule has 0 saturated carbocycles. The molecule has 14 heteroatoms. The second kappa shape index (κ2) is 25.8. The van der Waals surface area contributed by atoms with Crippen LogP contribution in [0.4, 0.5) is 0 Å². The van der Waals surface area contributed by atoms with Gasteiger partial charge in [-0.05, 0) is 190 Å². The number of aliphatic hydroxyl groups is 1. The van der Waals surface area contributed by atoms with E-state index in [1.807, 2.05) is 55.5 Å². The lowest BCUT2D eigenvalue weighted by Crippen LogP contribution is -2.71. The lowest BCUT2D eigenvalue weighted by Gasteiger charge is -2.48. The SMILES string of the molecule is C=C(C)C1CCC(C)=CC1c1c(O)cc(CCCCC)cc1O.CCCCCc1cc(O)c2c(c1)OC(C)(C)C1CCC(C)=CC21.CN1C[C@H](C(=O)N[C@]2(C)O[C@@]3(O)[C@@H]4CCCN4C(=O)[C@H](Cc4ccccc4)N3C2=O)C[C@@H]2c3cccc4[nH]cc(c34)C[C@H]21. The number of allylic oxidation sites excluding steroid dienone is 5. The van der Waals surface area contributed by atoms with Crippen LogP contribution in [0.2, 0.25) is 0 Å². The molecule has 476 valence electrons. The lowest BCUT2D eigenvalue weighted by atomic mass is 9.68. The minimum atomic E-state index is -2.03. The topological polar surface area (TPSA) is 188 Å². The van der Waals surface area contributed by atoms with E-state index in [1.165, 1.54) is 77.2 Å². The number of aromatic amines is 1. The lowest BCUT2D eigenvalue weighted by molar-refractivity contribution is -0.315. The van der Waals surface area contributed by atoms with Gasteiger partial charge in [0, 0.05) is 77.5 Å². The van der Waals surface area contributed by atoms with Crippen LogP contribution in [0, 0.1) is 17.8 Å². The van der Waals surface area contributed by atoms with Crippen molar-refractivity contribution in [1.82, 2.24) is 25.0 Å². The highest BCUT2D eigenvalue weighted by Gasteiger charge is 2.70. The van der Waals surface area contributed by atoms with Crippen molar-refractivity contribution in [3.05, 3.63) is 153 Å². The Hall–Kier alpha value is -6.87. The number of hydrogen-bond donors (Lipinski definition) is 6. The maximum Gasteiger partial charge on any atom is 0.280 e. The summed E-state index contributed by atoms with van der Waals surface area (Å²) in [7, 11) is 2.06. The quantitative estimate of drug-likeness (QED) is 0.0461. The van der Waals surface area contributed by atoms with E-state index in [4.69, 9.17) is 9.47 Å². The minimum Gasteiger partial charge on any atom is -0.507 e. The normalized spacial score (nSPS) is 28.9. The summed E-state index contributed by atoms with van der Waals surface area (Å²) in [6.07, 6.45) is 23.0. The largest absolute Gasteiger partial charge is 0.507 e. The van der Waals surface area contributed by atoms with Crippen molar-refractivity contribution < 1.29 is 44.3 Å². The van der Waals surface area contributed by atoms with E-state index in [2.05, 4.69) is 113 Å². The molecule has 6 heterocycles. The van der Waals surface area contributed by atoms with Crippen molar-refractivity contribution in [2.75, 3.05) is 20.1 Å². The zero-order chi connectivity index (χ0) is 63.3. The first-order valence-electron chi connectivity index (χ1n) is 33.3. The van der Waals surface area contributed by atoms with E-state index in [0.29, 0.717) is 49.6 Å². The van der Waals surface area contributed by atoms with Gasteiger partial charge in [-0.3, -0.25) is 24.0 Å². The molecule has 3 amide bonds. The number of nitrogens with one attached hydrogen (secondary N) is 2. The average molecular weight is 1210 g/mol. The summed E-state index contributed by atoms with van der Waals surface area (Å²) < 4.78 is 12.6. The number of piperidine rings is 1. The first-order chi connectivity index (χ1) is 42.5. The third-order valence-electron chi connectivity index (χ3n) is 21.2. The van der Waals surface area contributed by atoms with Gasteiger partial charge in [-0.15, -0.1) is 0 Å². The number of fused-ring (bicyclic) bond motifs is 8. The maximum absolute atomic E-state index is 14.2. The molecule has 14 nitrogen and oxygen atoms in total. The van der Waals surface area contributed by atoms with Gasteiger partial charge >= 0.3 is 0 Å². The second-order valence-corrected chi connectivity index (χ2v) is 28.1. The molecule has 0 radical (unpaired) electrons. The van der Waals surface area contributed by atoms with Crippen molar-refractivity contribution >= 4 is 28.6 Å². The van der Waals surface area contributed by atoms with Gasteiger partial charge in [0.15, 0.2) is 0 Å². The minimum absolute atomic E-state index is 0.0194. The third-order valence-corrected chi connectivity index (χ3v) is 21.2. The number of piperazine rings is 1. The van der Waals surface area contributed by atoms with Crippen LogP contribution in [0.5, 0.6) is 23.0 Å². The Morgan fingerprint density at radius 3 is 2.13 bits per heavy atom. The monoisotopic (exact) mass is 1210 g/mol. The van der Waals surface area contributed by atoms with E-state index < -0.39 is 29.6 Å². The number of phenolic OH excluding ortho intramolecular Hbond substituents is 3. The predicted molar refractivity (Wildman–Crippen MR) is 350 cm³/mol. The summed E-state index contributed by atoms with van der Waals surface area (Å²) in [5.74, 6) is -0.527. The standard InChI is InChI=1S/C33H37N5O5.2C21H30O2/c1-32(35-29(39)21-15-23-22-10-6-11-24-28(22)20(17-34-24)16-25(23)36(2)18-21)31(41)38-26(14-19-8-4-3-5-9-19)30(40)37-13-7-12-27(37)33(38,42)43-32;1-5-6-7-8-15-12-18(22)20-16-11-14(2)9-10-17(16)21(3,4)23-19(20)13-15;1-5-6-7-8-16-12-19(22)21(20(23)13-16)18-11-15(4)9-10-17(18)14(2)3/h3-6,8-11,17,21,23,25-27,34,42H,7,12-16,18H2,1-2H3,(H,35,39);11-13,16-17,22H,5-10H2,1-4H3;11-13,17-18,22-23H,2,5-10H2,1,3-4H3/t21-,23-,25-,26+,27+,32-,33+;;/m1../s1. The molecular formula is C75H97N5O9. The van der Waals surface area contributed by atoms with Gasteiger partial charge in [0.05, 0.1) is 5.92 Å². The highest BCUT2D eigenvalue weighted by molar-refractivity contribution is 5.97. The molecule has 3 aliphatic carbocycles. The van der Waals surface area contributed by atoms with Crippen LogP contribution in [0.15, 0.2) is 114 Å². The fourth-order valence-corrected chi connectivity index (χ4v) is 16.6. The molecule has 89 heavy (non-hydrogen) atoms. The van der Waals surface area contributed by atoms with Crippen LogP contribution in [-0.2, 0) is 44.8 Å². The summed E-state index contributed by atoms with van der Waals surface area (Å²) in [6, 6.07) is 22.2. The fourth-order valence-electron chi connectivity index (χ4n) is 16.6.